The Kier molecular flexibility index (Phi) is 7.47. The quantitative estimate of drug-likeness (QED) is 0.294. The number of halogens is 1. The lowest BCUT2D eigenvalue weighted by atomic mass is 10.1. The van der Waals surface area contributed by atoms with E-state index in [4.69, 9.17) is 9.47 Å². The van der Waals surface area contributed by atoms with Crippen LogP contribution in [-0.2, 0) is 17.8 Å². The molecule has 2 aromatic carbocycles. The summed E-state index contributed by atoms with van der Waals surface area (Å²) in [5.74, 6) is 1.32. The molecule has 0 bridgehead atoms. The fraction of sp³-hybridized carbons (Fsp3) is 0.318. The average molecular weight is 398 g/mol. The van der Waals surface area contributed by atoms with Gasteiger partial charge in [0.15, 0.2) is 5.96 Å². The van der Waals surface area contributed by atoms with Gasteiger partial charge in [-0.2, -0.15) is 0 Å². The van der Waals surface area contributed by atoms with Crippen LogP contribution in [-0.4, -0.2) is 44.8 Å². The lowest BCUT2D eigenvalue weighted by Gasteiger charge is -2.12. The molecule has 0 unspecified atom stereocenters. The summed E-state index contributed by atoms with van der Waals surface area (Å²) < 4.78 is 24.3. The molecule has 0 saturated heterocycles. The van der Waals surface area contributed by atoms with Crippen molar-refractivity contribution in [3.8, 4) is 5.75 Å². The molecule has 6 nitrogen and oxygen atoms in total. The number of hydrogen-bond acceptors (Lipinski definition) is 3. The minimum Gasteiger partial charge on any atom is -0.496 e. The molecule has 0 aliphatic rings. The maximum Gasteiger partial charge on any atom is 0.191 e. The van der Waals surface area contributed by atoms with E-state index in [0.717, 1.165) is 40.2 Å². The number of benzene rings is 2. The Morgan fingerprint density at radius 2 is 1.93 bits per heavy atom. The van der Waals surface area contributed by atoms with Crippen molar-refractivity contribution < 1.29 is 13.9 Å². The van der Waals surface area contributed by atoms with Gasteiger partial charge in [0.1, 0.15) is 11.6 Å². The zero-order chi connectivity index (χ0) is 20.5. The van der Waals surface area contributed by atoms with Crippen molar-refractivity contribution in [1.82, 2.24) is 15.6 Å². The number of nitrogens with zero attached hydrogens (tertiary/aromatic N) is 1. The number of H-pyrrole nitrogens is 1. The standard InChI is InChI=1S/C22H27FN4O2/c1-24-22(26-11-12-29-15-17-5-3-4-6-21(17)28-2)25-10-9-16-14-27-20-13-18(23)7-8-19(16)20/h3-8,13-14,27H,9-12,15H2,1-2H3,(H2,24,25,26). The highest BCUT2D eigenvalue weighted by Crippen LogP contribution is 2.19. The molecule has 3 aromatic rings. The summed E-state index contributed by atoms with van der Waals surface area (Å²) in [6.07, 6.45) is 2.73. The summed E-state index contributed by atoms with van der Waals surface area (Å²) in [6.45, 7) is 2.40. The maximum atomic E-state index is 13.3. The molecule has 0 atom stereocenters. The smallest absolute Gasteiger partial charge is 0.191 e. The monoisotopic (exact) mass is 398 g/mol. The third-order valence-electron chi connectivity index (χ3n) is 4.63. The van der Waals surface area contributed by atoms with Crippen LogP contribution < -0.4 is 15.4 Å². The van der Waals surface area contributed by atoms with Crippen molar-refractivity contribution >= 4 is 16.9 Å². The first-order chi connectivity index (χ1) is 14.2. The topological polar surface area (TPSA) is 70.7 Å². The van der Waals surface area contributed by atoms with Gasteiger partial charge < -0.3 is 25.1 Å². The fourth-order valence-electron chi connectivity index (χ4n) is 3.15. The summed E-state index contributed by atoms with van der Waals surface area (Å²) in [6, 6.07) is 12.6. The minimum absolute atomic E-state index is 0.235. The lowest BCUT2D eigenvalue weighted by Crippen LogP contribution is -2.39. The first kappa shape index (κ1) is 20.7. The van der Waals surface area contributed by atoms with Crippen molar-refractivity contribution in [1.29, 1.82) is 0 Å². The largest absolute Gasteiger partial charge is 0.496 e. The van der Waals surface area contributed by atoms with Crippen LogP contribution in [0.4, 0.5) is 4.39 Å². The predicted octanol–water partition coefficient (Wildman–Crippen LogP) is 3.24. The van der Waals surface area contributed by atoms with E-state index in [9.17, 15) is 4.39 Å². The predicted molar refractivity (Wildman–Crippen MR) is 114 cm³/mol. The van der Waals surface area contributed by atoms with Gasteiger partial charge in [-0.05, 0) is 36.2 Å². The molecule has 154 valence electrons. The van der Waals surface area contributed by atoms with Gasteiger partial charge in [-0.25, -0.2) is 4.39 Å². The minimum atomic E-state index is -0.235. The number of methoxy groups -OCH3 is 1. The van der Waals surface area contributed by atoms with Crippen molar-refractivity contribution in [2.45, 2.75) is 13.0 Å². The van der Waals surface area contributed by atoms with E-state index < -0.39 is 0 Å². The second kappa shape index (κ2) is 10.5. The highest BCUT2D eigenvalue weighted by atomic mass is 19.1. The molecule has 1 aromatic heterocycles. The molecule has 3 N–H and O–H groups in total. The number of para-hydroxylation sites is 1. The van der Waals surface area contributed by atoms with Gasteiger partial charge in [-0.15, -0.1) is 0 Å². The lowest BCUT2D eigenvalue weighted by molar-refractivity contribution is 0.123. The molecule has 0 aliphatic heterocycles. The third-order valence-corrected chi connectivity index (χ3v) is 4.63. The number of hydrogen-bond donors (Lipinski definition) is 3. The van der Waals surface area contributed by atoms with Crippen LogP contribution in [0.25, 0.3) is 10.9 Å². The van der Waals surface area contributed by atoms with Gasteiger partial charge in [0.25, 0.3) is 0 Å². The van der Waals surface area contributed by atoms with Crippen LogP contribution >= 0.6 is 0 Å². The van der Waals surface area contributed by atoms with Gasteiger partial charge in [0.05, 0.1) is 20.3 Å². The summed E-state index contributed by atoms with van der Waals surface area (Å²) >= 11 is 0. The summed E-state index contributed by atoms with van der Waals surface area (Å²) in [4.78, 5) is 7.34. The zero-order valence-electron chi connectivity index (χ0n) is 16.8. The highest BCUT2D eigenvalue weighted by Gasteiger charge is 2.05. The maximum absolute atomic E-state index is 13.3. The van der Waals surface area contributed by atoms with Crippen LogP contribution in [0.1, 0.15) is 11.1 Å². The molecule has 3 rings (SSSR count). The van der Waals surface area contributed by atoms with E-state index in [-0.39, 0.29) is 5.82 Å². The molecule has 0 spiro atoms. The van der Waals surface area contributed by atoms with Crippen LogP contribution in [0.3, 0.4) is 0 Å². The Bertz CT molecular complexity index is 955. The second-order valence-corrected chi connectivity index (χ2v) is 6.54. The number of nitrogens with one attached hydrogen (secondary N) is 3. The number of guanidine groups is 1. The Morgan fingerprint density at radius 1 is 1.10 bits per heavy atom. The molecular formula is C22H27FN4O2. The Hall–Kier alpha value is -3.06. The Morgan fingerprint density at radius 3 is 2.76 bits per heavy atom. The number of fused-ring (bicyclic) bond motifs is 1. The molecule has 7 heteroatoms. The molecule has 0 radical (unpaired) electrons. The van der Waals surface area contributed by atoms with Crippen LogP contribution in [0.5, 0.6) is 5.75 Å². The van der Waals surface area contributed by atoms with E-state index in [1.807, 2.05) is 36.5 Å². The van der Waals surface area contributed by atoms with Gasteiger partial charge in [-0.3, -0.25) is 4.99 Å². The first-order valence-electron chi connectivity index (χ1n) is 9.61. The van der Waals surface area contributed by atoms with Crippen molar-refractivity contribution in [3.05, 3.63) is 65.6 Å². The average Bonchev–Trinajstić information content (AvgIpc) is 3.14. The zero-order valence-corrected chi connectivity index (χ0v) is 16.8. The third kappa shape index (κ3) is 5.71. The van der Waals surface area contributed by atoms with Crippen LogP contribution in [0, 0.1) is 5.82 Å². The Labute approximate surface area is 170 Å². The highest BCUT2D eigenvalue weighted by molar-refractivity contribution is 5.83. The molecule has 1 heterocycles. The molecular weight excluding hydrogens is 371 g/mol. The van der Waals surface area contributed by atoms with E-state index in [2.05, 4.69) is 20.6 Å². The first-order valence-corrected chi connectivity index (χ1v) is 9.61. The molecule has 0 amide bonds. The van der Waals surface area contributed by atoms with Crippen molar-refractivity contribution in [2.24, 2.45) is 4.99 Å². The van der Waals surface area contributed by atoms with E-state index >= 15 is 0 Å². The van der Waals surface area contributed by atoms with Crippen molar-refractivity contribution in [3.63, 3.8) is 0 Å². The Balaban J connectivity index is 1.37. The molecule has 0 fully saturated rings. The van der Waals surface area contributed by atoms with Crippen LogP contribution in [0.15, 0.2) is 53.7 Å². The van der Waals surface area contributed by atoms with Crippen LogP contribution in [0.2, 0.25) is 0 Å². The van der Waals surface area contributed by atoms with E-state index in [0.29, 0.717) is 26.3 Å². The SMILES string of the molecule is CN=C(NCCOCc1ccccc1OC)NCCc1c[nH]c2cc(F)ccc12. The van der Waals surface area contributed by atoms with E-state index in [1.165, 1.54) is 12.1 Å². The second-order valence-electron chi connectivity index (χ2n) is 6.54. The van der Waals surface area contributed by atoms with Gasteiger partial charge in [-0.1, -0.05) is 18.2 Å². The normalized spacial score (nSPS) is 11.6. The van der Waals surface area contributed by atoms with Gasteiger partial charge in [0, 0.05) is 42.8 Å². The number of aromatic nitrogens is 1. The number of ether oxygens (including phenoxy) is 2. The van der Waals surface area contributed by atoms with E-state index in [1.54, 1.807) is 14.2 Å². The van der Waals surface area contributed by atoms with Gasteiger partial charge >= 0.3 is 0 Å². The fourth-order valence-corrected chi connectivity index (χ4v) is 3.15. The molecule has 0 saturated carbocycles. The number of aromatic amines is 1. The van der Waals surface area contributed by atoms with Gasteiger partial charge in [0.2, 0.25) is 0 Å². The molecule has 29 heavy (non-hydrogen) atoms. The summed E-state index contributed by atoms with van der Waals surface area (Å²) in [7, 11) is 3.39. The number of aliphatic imine (C=N–C) groups is 1. The number of rotatable bonds is 9. The molecule has 0 aliphatic carbocycles. The summed E-state index contributed by atoms with van der Waals surface area (Å²) in [5.41, 5.74) is 2.98. The van der Waals surface area contributed by atoms with Crippen molar-refractivity contribution in [2.75, 3.05) is 33.9 Å². The summed E-state index contributed by atoms with van der Waals surface area (Å²) in [5, 5.41) is 7.56.